The van der Waals surface area contributed by atoms with Crippen LogP contribution in [-0.2, 0) is 0 Å². The fourth-order valence-corrected chi connectivity index (χ4v) is 1.74. The minimum absolute atomic E-state index is 0.158. The van der Waals surface area contributed by atoms with Crippen LogP contribution in [-0.4, -0.2) is 25.2 Å². The van der Waals surface area contributed by atoms with Gasteiger partial charge in [0.15, 0.2) is 5.78 Å². The number of carbonyl (C=O) groups excluding carboxylic acids is 1. The van der Waals surface area contributed by atoms with E-state index in [1.807, 2.05) is 0 Å². The number of rotatable bonds is 4. The van der Waals surface area contributed by atoms with Crippen LogP contribution in [0.3, 0.4) is 0 Å². The molecule has 1 aliphatic rings. The molecule has 1 saturated heterocycles. The lowest BCUT2D eigenvalue weighted by molar-refractivity contribution is -0.274. The van der Waals surface area contributed by atoms with Crippen molar-refractivity contribution in [3.05, 3.63) is 29.8 Å². The number of ether oxygens (including phenoxy) is 1. The molecule has 0 saturated carbocycles. The molecule has 1 N–H and O–H groups in total. The Morgan fingerprint density at radius 3 is 2.67 bits per heavy atom. The van der Waals surface area contributed by atoms with Gasteiger partial charge in [0.05, 0.1) is 0 Å². The zero-order valence-corrected chi connectivity index (χ0v) is 9.46. The molecule has 1 aromatic rings. The van der Waals surface area contributed by atoms with Gasteiger partial charge in [-0.2, -0.15) is 0 Å². The molecule has 6 heteroatoms. The highest BCUT2D eigenvalue weighted by molar-refractivity contribution is 5.96. The van der Waals surface area contributed by atoms with Gasteiger partial charge < -0.3 is 10.1 Å². The van der Waals surface area contributed by atoms with Crippen molar-refractivity contribution in [1.29, 1.82) is 0 Å². The van der Waals surface area contributed by atoms with Crippen molar-refractivity contribution in [2.24, 2.45) is 5.92 Å². The summed E-state index contributed by atoms with van der Waals surface area (Å²) in [4.78, 5) is 11.8. The van der Waals surface area contributed by atoms with Gasteiger partial charge in [-0.3, -0.25) is 4.79 Å². The van der Waals surface area contributed by atoms with E-state index >= 15 is 0 Å². The van der Waals surface area contributed by atoms with E-state index in [0.29, 0.717) is 6.42 Å². The summed E-state index contributed by atoms with van der Waals surface area (Å²) in [5.41, 5.74) is 0.253. The third kappa shape index (κ3) is 3.46. The van der Waals surface area contributed by atoms with Gasteiger partial charge in [0.1, 0.15) is 5.75 Å². The van der Waals surface area contributed by atoms with E-state index in [0.717, 1.165) is 19.2 Å². The van der Waals surface area contributed by atoms with E-state index in [4.69, 9.17) is 0 Å². The number of hydrogen-bond donors (Lipinski definition) is 1. The number of Topliss-reactive ketones (excluding diaryl/α,β-unsaturated/α-hetero) is 1. The van der Waals surface area contributed by atoms with Gasteiger partial charge in [0, 0.05) is 12.0 Å². The highest BCUT2D eigenvalue weighted by atomic mass is 19.4. The smallest absolute Gasteiger partial charge is 0.406 e. The molecule has 0 spiro atoms. The standard InChI is InChI=1S/C12H12F3NO2/c13-12(14,15)18-10-3-1-2-9(5-10)11(17)4-8-6-16-7-8/h1-3,5,8,16H,4,6-7H2. The van der Waals surface area contributed by atoms with Crippen molar-refractivity contribution in [3.63, 3.8) is 0 Å². The van der Waals surface area contributed by atoms with Gasteiger partial charge in [-0.1, -0.05) is 12.1 Å². The molecule has 0 atom stereocenters. The molecule has 0 radical (unpaired) electrons. The second-order valence-corrected chi connectivity index (χ2v) is 4.23. The second-order valence-electron chi connectivity index (χ2n) is 4.23. The summed E-state index contributed by atoms with van der Waals surface area (Å²) in [7, 11) is 0. The van der Waals surface area contributed by atoms with Gasteiger partial charge >= 0.3 is 6.36 Å². The topological polar surface area (TPSA) is 38.3 Å². The molecule has 0 bridgehead atoms. The maximum absolute atomic E-state index is 12.0. The van der Waals surface area contributed by atoms with Crippen LogP contribution >= 0.6 is 0 Å². The summed E-state index contributed by atoms with van der Waals surface area (Å²) in [5, 5.41) is 3.03. The fourth-order valence-electron chi connectivity index (χ4n) is 1.74. The number of alkyl halides is 3. The van der Waals surface area contributed by atoms with Crippen LogP contribution in [0.1, 0.15) is 16.8 Å². The van der Waals surface area contributed by atoms with Crippen LogP contribution in [0.25, 0.3) is 0 Å². The summed E-state index contributed by atoms with van der Waals surface area (Å²) < 4.78 is 39.9. The van der Waals surface area contributed by atoms with Crippen molar-refractivity contribution < 1.29 is 22.7 Å². The second kappa shape index (κ2) is 4.97. The molecule has 3 nitrogen and oxygen atoms in total. The van der Waals surface area contributed by atoms with E-state index in [1.165, 1.54) is 18.2 Å². The van der Waals surface area contributed by atoms with Gasteiger partial charge in [-0.25, -0.2) is 0 Å². The lowest BCUT2D eigenvalue weighted by Crippen LogP contribution is -2.42. The van der Waals surface area contributed by atoms with Crippen LogP contribution < -0.4 is 10.1 Å². The maximum atomic E-state index is 12.0. The highest BCUT2D eigenvalue weighted by Crippen LogP contribution is 2.24. The monoisotopic (exact) mass is 259 g/mol. The van der Waals surface area contributed by atoms with E-state index in [9.17, 15) is 18.0 Å². The largest absolute Gasteiger partial charge is 0.573 e. The number of hydrogen-bond acceptors (Lipinski definition) is 3. The van der Waals surface area contributed by atoms with E-state index in [1.54, 1.807) is 0 Å². The zero-order valence-electron chi connectivity index (χ0n) is 9.46. The fraction of sp³-hybridized carbons (Fsp3) is 0.417. The summed E-state index contributed by atoms with van der Waals surface area (Å²) in [6.45, 7) is 1.56. The predicted octanol–water partition coefficient (Wildman–Crippen LogP) is 2.38. The zero-order chi connectivity index (χ0) is 13.2. The van der Waals surface area contributed by atoms with E-state index < -0.39 is 6.36 Å². The van der Waals surface area contributed by atoms with Crippen molar-refractivity contribution in [3.8, 4) is 5.75 Å². The Balaban J connectivity index is 2.03. The van der Waals surface area contributed by atoms with Crippen LogP contribution in [0.5, 0.6) is 5.75 Å². The third-order valence-electron chi connectivity index (χ3n) is 2.73. The van der Waals surface area contributed by atoms with Gasteiger partial charge in [0.2, 0.25) is 0 Å². The number of ketones is 1. The quantitative estimate of drug-likeness (QED) is 0.844. The van der Waals surface area contributed by atoms with Crippen LogP contribution in [0.15, 0.2) is 24.3 Å². The molecule has 98 valence electrons. The normalized spacial score (nSPS) is 16.2. The van der Waals surface area contributed by atoms with Crippen molar-refractivity contribution >= 4 is 5.78 Å². The Morgan fingerprint density at radius 2 is 2.11 bits per heavy atom. The maximum Gasteiger partial charge on any atom is 0.573 e. The predicted molar refractivity (Wildman–Crippen MR) is 58.4 cm³/mol. The summed E-state index contributed by atoms with van der Waals surface area (Å²) in [5.74, 6) is -0.237. The van der Waals surface area contributed by atoms with E-state index in [-0.39, 0.29) is 23.0 Å². The van der Waals surface area contributed by atoms with Crippen molar-refractivity contribution in [1.82, 2.24) is 5.32 Å². The first-order valence-corrected chi connectivity index (χ1v) is 5.54. The average Bonchev–Trinajstić information content (AvgIpc) is 2.21. The average molecular weight is 259 g/mol. The molecule has 2 rings (SSSR count). The molecule has 0 unspecified atom stereocenters. The number of halogens is 3. The first kappa shape index (κ1) is 12.9. The lowest BCUT2D eigenvalue weighted by atomic mass is 9.94. The summed E-state index contributed by atoms with van der Waals surface area (Å²) in [6, 6.07) is 5.18. The molecule has 1 fully saturated rings. The highest BCUT2D eigenvalue weighted by Gasteiger charge is 2.31. The molecule has 1 aliphatic heterocycles. The molecule has 0 aliphatic carbocycles. The Labute approximate surface area is 102 Å². The summed E-state index contributed by atoms with van der Waals surface area (Å²) >= 11 is 0. The van der Waals surface area contributed by atoms with Gasteiger partial charge in [0.25, 0.3) is 0 Å². The third-order valence-corrected chi connectivity index (χ3v) is 2.73. The summed E-state index contributed by atoms with van der Waals surface area (Å²) in [6.07, 6.45) is -4.39. The Kier molecular flexibility index (Phi) is 3.56. The van der Waals surface area contributed by atoms with Gasteiger partial charge in [-0.05, 0) is 31.1 Å². The Hall–Kier alpha value is -1.56. The van der Waals surface area contributed by atoms with E-state index in [2.05, 4.69) is 10.1 Å². The van der Waals surface area contributed by atoms with Crippen molar-refractivity contribution in [2.45, 2.75) is 12.8 Å². The number of nitrogens with one attached hydrogen (secondary N) is 1. The molecule has 1 heterocycles. The lowest BCUT2D eigenvalue weighted by Gasteiger charge is -2.26. The van der Waals surface area contributed by atoms with Crippen LogP contribution in [0.4, 0.5) is 13.2 Å². The molecule has 0 aromatic heterocycles. The molecule has 1 aromatic carbocycles. The Morgan fingerprint density at radius 1 is 1.39 bits per heavy atom. The molecular formula is C12H12F3NO2. The minimum atomic E-state index is -4.74. The first-order chi connectivity index (χ1) is 8.44. The molecular weight excluding hydrogens is 247 g/mol. The number of benzene rings is 1. The Bertz CT molecular complexity index is 441. The first-order valence-electron chi connectivity index (χ1n) is 5.54. The van der Waals surface area contributed by atoms with Crippen LogP contribution in [0, 0.1) is 5.92 Å². The molecule has 18 heavy (non-hydrogen) atoms. The van der Waals surface area contributed by atoms with Crippen molar-refractivity contribution in [2.75, 3.05) is 13.1 Å². The van der Waals surface area contributed by atoms with Crippen LogP contribution in [0.2, 0.25) is 0 Å². The minimum Gasteiger partial charge on any atom is -0.406 e. The molecule has 0 amide bonds. The SMILES string of the molecule is O=C(CC1CNC1)c1cccc(OC(F)(F)F)c1. The number of carbonyl (C=O) groups is 1. The van der Waals surface area contributed by atoms with Gasteiger partial charge in [-0.15, -0.1) is 13.2 Å².